The molecule has 1 fully saturated rings. The molecule has 0 unspecified atom stereocenters. The van der Waals surface area contributed by atoms with E-state index in [1.54, 1.807) is 0 Å². The van der Waals surface area contributed by atoms with E-state index in [0.717, 1.165) is 41.7 Å². The summed E-state index contributed by atoms with van der Waals surface area (Å²) in [5, 5.41) is 7.76. The molecule has 0 aromatic heterocycles. The van der Waals surface area contributed by atoms with E-state index >= 15 is 0 Å². The molecule has 1 saturated heterocycles. The number of nitrogen functional groups attached to an aromatic ring is 1. The summed E-state index contributed by atoms with van der Waals surface area (Å²) in [4.78, 5) is 4.63. The van der Waals surface area contributed by atoms with Gasteiger partial charge in [0.05, 0.1) is 5.56 Å². The lowest BCUT2D eigenvalue weighted by atomic mass is 10.0. The van der Waals surface area contributed by atoms with Crippen molar-refractivity contribution in [1.82, 2.24) is 4.90 Å². The largest absolute Gasteiger partial charge is 0.384 e. The van der Waals surface area contributed by atoms with Crippen molar-refractivity contribution in [1.29, 1.82) is 5.41 Å². The first-order valence-corrected chi connectivity index (χ1v) is 7.34. The van der Waals surface area contributed by atoms with Gasteiger partial charge in [-0.15, -0.1) is 0 Å². The van der Waals surface area contributed by atoms with Gasteiger partial charge in [-0.3, -0.25) is 5.41 Å². The van der Waals surface area contributed by atoms with Crippen LogP contribution in [-0.2, 0) is 0 Å². The van der Waals surface area contributed by atoms with E-state index < -0.39 is 0 Å². The molecule has 1 aliphatic heterocycles. The summed E-state index contributed by atoms with van der Waals surface area (Å²) in [7, 11) is 4.28. The summed E-state index contributed by atoms with van der Waals surface area (Å²) in [5.74, 6) is 0.122. The predicted molar refractivity (Wildman–Crippen MR) is 84.1 cm³/mol. The molecule has 0 aliphatic carbocycles. The van der Waals surface area contributed by atoms with Gasteiger partial charge in [-0.2, -0.15) is 0 Å². The summed E-state index contributed by atoms with van der Waals surface area (Å²) in [6.07, 6.45) is 2.30. The molecule has 2 rings (SSSR count). The molecule has 0 bridgehead atoms. The SMILES string of the molecule is CN(C)C1CCN(c2cccc(Br)c2C(=N)N)CC1. The second-order valence-corrected chi connectivity index (χ2v) is 6.08. The number of benzene rings is 1. The average Bonchev–Trinajstić information content (AvgIpc) is 2.38. The number of nitrogens with zero attached hydrogens (tertiary/aromatic N) is 2. The lowest BCUT2D eigenvalue weighted by Gasteiger charge is -2.37. The molecule has 19 heavy (non-hydrogen) atoms. The highest BCUT2D eigenvalue weighted by Crippen LogP contribution is 2.30. The van der Waals surface area contributed by atoms with Crippen LogP contribution in [0.1, 0.15) is 18.4 Å². The molecule has 1 aromatic carbocycles. The topological polar surface area (TPSA) is 56.4 Å². The average molecular weight is 325 g/mol. The van der Waals surface area contributed by atoms with E-state index in [4.69, 9.17) is 11.1 Å². The lowest BCUT2D eigenvalue weighted by molar-refractivity contribution is 0.249. The molecular formula is C14H21BrN4. The standard InChI is InChI=1S/C14H21BrN4/c1-18(2)10-6-8-19(9-7-10)12-5-3-4-11(15)13(12)14(16)17/h3-5,10H,6-9H2,1-2H3,(H3,16,17). The Morgan fingerprint density at radius 3 is 2.53 bits per heavy atom. The fourth-order valence-electron chi connectivity index (χ4n) is 2.67. The summed E-state index contributed by atoms with van der Waals surface area (Å²) in [6.45, 7) is 2.03. The zero-order chi connectivity index (χ0) is 14.0. The van der Waals surface area contributed by atoms with Gasteiger partial charge in [0.2, 0.25) is 0 Å². The normalized spacial score (nSPS) is 16.9. The van der Waals surface area contributed by atoms with Crippen LogP contribution in [0.3, 0.4) is 0 Å². The maximum absolute atomic E-state index is 7.76. The summed E-state index contributed by atoms with van der Waals surface area (Å²) in [5.41, 5.74) is 7.60. The van der Waals surface area contributed by atoms with Crippen molar-refractivity contribution < 1.29 is 0 Å². The van der Waals surface area contributed by atoms with Crippen LogP contribution in [0, 0.1) is 5.41 Å². The molecule has 0 spiro atoms. The van der Waals surface area contributed by atoms with Crippen LogP contribution in [-0.4, -0.2) is 44.0 Å². The quantitative estimate of drug-likeness (QED) is 0.662. The molecule has 0 saturated carbocycles. The van der Waals surface area contributed by atoms with Crippen LogP contribution in [0.4, 0.5) is 5.69 Å². The fraction of sp³-hybridized carbons (Fsp3) is 0.500. The first-order chi connectivity index (χ1) is 9.00. The Kier molecular flexibility index (Phi) is 4.47. The van der Waals surface area contributed by atoms with E-state index in [1.807, 2.05) is 12.1 Å². The fourth-order valence-corrected chi connectivity index (χ4v) is 3.24. The maximum Gasteiger partial charge on any atom is 0.126 e. The first kappa shape index (κ1) is 14.3. The molecule has 4 nitrogen and oxygen atoms in total. The van der Waals surface area contributed by atoms with Gasteiger partial charge >= 0.3 is 0 Å². The van der Waals surface area contributed by atoms with Crippen molar-refractivity contribution in [3.63, 3.8) is 0 Å². The first-order valence-electron chi connectivity index (χ1n) is 6.55. The van der Waals surface area contributed by atoms with Crippen molar-refractivity contribution in [3.05, 3.63) is 28.2 Å². The Hall–Kier alpha value is -1.07. The Morgan fingerprint density at radius 1 is 1.37 bits per heavy atom. The highest BCUT2D eigenvalue weighted by Gasteiger charge is 2.23. The third kappa shape index (κ3) is 3.09. The molecule has 3 N–H and O–H groups in total. The van der Waals surface area contributed by atoms with Crippen molar-refractivity contribution in [2.45, 2.75) is 18.9 Å². The second kappa shape index (κ2) is 5.92. The maximum atomic E-state index is 7.76. The van der Waals surface area contributed by atoms with Gasteiger partial charge in [0, 0.05) is 29.3 Å². The van der Waals surface area contributed by atoms with E-state index in [9.17, 15) is 0 Å². The van der Waals surface area contributed by atoms with Gasteiger partial charge in [-0.05, 0) is 55.0 Å². The van der Waals surface area contributed by atoms with Crippen molar-refractivity contribution in [3.8, 4) is 0 Å². The third-order valence-electron chi connectivity index (χ3n) is 3.80. The Bertz CT molecular complexity index is 465. The van der Waals surface area contributed by atoms with E-state index in [2.05, 4.69) is 45.9 Å². The summed E-state index contributed by atoms with van der Waals surface area (Å²) in [6, 6.07) is 6.65. The molecule has 104 valence electrons. The van der Waals surface area contributed by atoms with Gasteiger partial charge in [-0.1, -0.05) is 6.07 Å². The van der Waals surface area contributed by atoms with Crippen molar-refractivity contribution >= 4 is 27.5 Å². The number of halogens is 1. The Labute approximate surface area is 123 Å². The van der Waals surface area contributed by atoms with Crippen molar-refractivity contribution in [2.24, 2.45) is 5.73 Å². The van der Waals surface area contributed by atoms with Gasteiger partial charge < -0.3 is 15.5 Å². The molecule has 0 amide bonds. The van der Waals surface area contributed by atoms with Crippen LogP contribution in [0.5, 0.6) is 0 Å². The Morgan fingerprint density at radius 2 is 2.00 bits per heavy atom. The highest BCUT2D eigenvalue weighted by molar-refractivity contribution is 9.10. The van der Waals surface area contributed by atoms with Gasteiger partial charge in [0.15, 0.2) is 0 Å². The number of anilines is 1. The van der Waals surface area contributed by atoms with E-state index in [0.29, 0.717) is 6.04 Å². The minimum absolute atomic E-state index is 0.122. The van der Waals surface area contributed by atoms with Crippen LogP contribution < -0.4 is 10.6 Å². The second-order valence-electron chi connectivity index (χ2n) is 5.23. The number of piperidine rings is 1. The van der Waals surface area contributed by atoms with Crippen LogP contribution >= 0.6 is 15.9 Å². The Balaban J connectivity index is 2.20. The molecule has 1 aromatic rings. The molecule has 1 aliphatic rings. The number of nitrogens with one attached hydrogen (secondary N) is 1. The number of amidine groups is 1. The van der Waals surface area contributed by atoms with Crippen LogP contribution in [0.25, 0.3) is 0 Å². The van der Waals surface area contributed by atoms with E-state index in [1.165, 1.54) is 0 Å². The van der Waals surface area contributed by atoms with Crippen LogP contribution in [0.15, 0.2) is 22.7 Å². The van der Waals surface area contributed by atoms with Gasteiger partial charge in [0.25, 0.3) is 0 Å². The summed E-state index contributed by atoms with van der Waals surface area (Å²) >= 11 is 3.49. The number of hydrogen-bond donors (Lipinski definition) is 2. The van der Waals surface area contributed by atoms with Crippen LogP contribution in [0.2, 0.25) is 0 Å². The van der Waals surface area contributed by atoms with E-state index in [-0.39, 0.29) is 5.84 Å². The highest BCUT2D eigenvalue weighted by atomic mass is 79.9. The lowest BCUT2D eigenvalue weighted by Crippen LogP contribution is -2.42. The predicted octanol–water partition coefficient (Wildman–Crippen LogP) is 2.26. The van der Waals surface area contributed by atoms with Gasteiger partial charge in [0.1, 0.15) is 5.84 Å². The molecule has 1 heterocycles. The summed E-state index contributed by atoms with van der Waals surface area (Å²) < 4.78 is 0.896. The van der Waals surface area contributed by atoms with Gasteiger partial charge in [-0.25, -0.2) is 0 Å². The van der Waals surface area contributed by atoms with Crippen molar-refractivity contribution in [2.75, 3.05) is 32.1 Å². The molecule has 0 atom stereocenters. The smallest absolute Gasteiger partial charge is 0.126 e. The molecule has 5 heteroatoms. The zero-order valence-electron chi connectivity index (χ0n) is 11.5. The number of nitrogens with two attached hydrogens (primary N) is 1. The zero-order valence-corrected chi connectivity index (χ0v) is 13.1. The third-order valence-corrected chi connectivity index (χ3v) is 4.46. The monoisotopic (exact) mass is 324 g/mol. The minimum Gasteiger partial charge on any atom is -0.384 e. The molecular weight excluding hydrogens is 304 g/mol. The molecule has 0 radical (unpaired) electrons. The number of rotatable bonds is 3. The number of hydrogen-bond acceptors (Lipinski definition) is 3. The minimum atomic E-state index is 0.122.